The third kappa shape index (κ3) is 7.82. The van der Waals surface area contributed by atoms with Gasteiger partial charge >= 0.3 is 0 Å². The van der Waals surface area contributed by atoms with E-state index in [1.807, 2.05) is 0 Å². The Hall–Kier alpha value is -0.610. The van der Waals surface area contributed by atoms with Gasteiger partial charge in [-0.3, -0.25) is 9.69 Å². The lowest BCUT2D eigenvalue weighted by Gasteiger charge is -2.32. The monoisotopic (exact) mass is 297 g/mol. The van der Waals surface area contributed by atoms with Crippen LogP contribution in [0.25, 0.3) is 0 Å². The van der Waals surface area contributed by atoms with Crippen LogP contribution in [0.4, 0.5) is 0 Å². The SMILES string of the molecule is CC(C)CCN(CCC(C)C)C(=O)CN1CCC(N)CC1. The van der Waals surface area contributed by atoms with Crippen molar-refractivity contribution in [3.63, 3.8) is 0 Å². The zero-order valence-corrected chi connectivity index (χ0v) is 14.5. The summed E-state index contributed by atoms with van der Waals surface area (Å²) in [6.45, 7) is 13.2. The normalized spacial score (nSPS) is 17.7. The van der Waals surface area contributed by atoms with Crippen LogP contribution in [0.3, 0.4) is 0 Å². The molecule has 124 valence electrons. The Labute approximate surface area is 131 Å². The minimum atomic E-state index is 0.298. The zero-order chi connectivity index (χ0) is 15.8. The molecule has 0 aliphatic carbocycles. The second kappa shape index (κ2) is 9.42. The Balaban J connectivity index is 2.44. The Morgan fingerprint density at radius 1 is 1.10 bits per heavy atom. The molecule has 1 rings (SSSR count). The van der Waals surface area contributed by atoms with Crippen LogP contribution < -0.4 is 5.73 Å². The minimum absolute atomic E-state index is 0.298. The van der Waals surface area contributed by atoms with Gasteiger partial charge in [0.05, 0.1) is 6.54 Å². The topological polar surface area (TPSA) is 49.6 Å². The molecule has 0 aromatic heterocycles. The van der Waals surface area contributed by atoms with Gasteiger partial charge in [-0.25, -0.2) is 0 Å². The average Bonchev–Trinajstić information content (AvgIpc) is 2.40. The minimum Gasteiger partial charge on any atom is -0.342 e. The van der Waals surface area contributed by atoms with Crippen LogP contribution >= 0.6 is 0 Å². The molecule has 4 nitrogen and oxygen atoms in total. The van der Waals surface area contributed by atoms with Gasteiger partial charge in [0.2, 0.25) is 5.91 Å². The summed E-state index contributed by atoms with van der Waals surface area (Å²) in [5, 5.41) is 0. The zero-order valence-electron chi connectivity index (χ0n) is 14.5. The van der Waals surface area contributed by atoms with Gasteiger partial charge < -0.3 is 10.6 Å². The van der Waals surface area contributed by atoms with Gasteiger partial charge in [-0.15, -0.1) is 0 Å². The molecule has 0 atom stereocenters. The number of hydrogen-bond donors (Lipinski definition) is 1. The fourth-order valence-electron chi connectivity index (χ4n) is 2.59. The van der Waals surface area contributed by atoms with Crippen LogP contribution in [0.5, 0.6) is 0 Å². The lowest BCUT2D eigenvalue weighted by molar-refractivity contribution is -0.133. The molecule has 1 aliphatic heterocycles. The molecule has 0 radical (unpaired) electrons. The number of carbonyl (C=O) groups is 1. The van der Waals surface area contributed by atoms with Crippen LogP contribution in [0, 0.1) is 11.8 Å². The van der Waals surface area contributed by atoms with Crippen molar-refractivity contribution in [1.29, 1.82) is 0 Å². The van der Waals surface area contributed by atoms with Crippen LogP contribution in [0.1, 0.15) is 53.4 Å². The van der Waals surface area contributed by atoms with E-state index in [1.165, 1.54) is 0 Å². The van der Waals surface area contributed by atoms with E-state index in [0.717, 1.165) is 51.9 Å². The number of piperidine rings is 1. The van der Waals surface area contributed by atoms with E-state index in [0.29, 0.717) is 30.3 Å². The number of hydrogen-bond acceptors (Lipinski definition) is 3. The average molecular weight is 297 g/mol. The third-order valence-electron chi connectivity index (χ3n) is 4.30. The molecular formula is C17H35N3O. The van der Waals surface area contributed by atoms with Crippen molar-refractivity contribution in [2.45, 2.75) is 59.4 Å². The van der Waals surface area contributed by atoms with Crippen LogP contribution in [0.15, 0.2) is 0 Å². The Morgan fingerprint density at radius 3 is 2.00 bits per heavy atom. The molecule has 1 heterocycles. The largest absolute Gasteiger partial charge is 0.342 e. The van der Waals surface area contributed by atoms with Crippen LogP contribution in [-0.4, -0.2) is 54.5 Å². The molecule has 1 saturated heterocycles. The summed E-state index contributed by atoms with van der Waals surface area (Å²) >= 11 is 0. The summed E-state index contributed by atoms with van der Waals surface area (Å²) in [6, 6.07) is 0.328. The maximum absolute atomic E-state index is 12.6. The smallest absolute Gasteiger partial charge is 0.236 e. The highest BCUT2D eigenvalue weighted by Crippen LogP contribution is 2.11. The standard InChI is InChI=1S/C17H35N3O/c1-14(2)5-11-20(12-6-15(3)4)17(21)13-19-9-7-16(18)8-10-19/h14-16H,5-13,18H2,1-4H3. The Morgan fingerprint density at radius 2 is 1.57 bits per heavy atom. The highest BCUT2D eigenvalue weighted by Gasteiger charge is 2.21. The van der Waals surface area contributed by atoms with Crippen molar-refractivity contribution in [2.75, 3.05) is 32.7 Å². The van der Waals surface area contributed by atoms with E-state index in [1.54, 1.807) is 0 Å². The molecule has 1 amide bonds. The Bertz CT molecular complexity index is 284. The molecule has 0 aromatic rings. The molecular weight excluding hydrogens is 262 g/mol. The maximum atomic E-state index is 12.6. The quantitative estimate of drug-likeness (QED) is 0.748. The van der Waals surface area contributed by atoms with Crippen molar-refractivity contribution in [3.05, 3.63) is 0 Å². The predicted molar refractivity (Wildman–Crippen MR) is 89.1 cm³/mol. The number of nitrogens with zero attached hydrogens (tertiary/aromatic N) is 2. The van der Waals surface area contributed by atoms with Crippen LogP contribution in [-0.2, 0) is 4.79 Å². The molecule has 0 unspecified atom stereocenters. The van der Waals surface area contributed by atoms with E-state index in [9.17, 15) is 4.79 Å². The van der Waals surface area contributed by atoms with Crippen molar-refractivity contribution in [1.82, 2.24) is 9.80 Å². The summed E-state index contributed by atoms with van der Waals surface area (Å²) in [5.41, 5.74) is 5.93. The summed E-state index contributed by atoms with van der Waals surface area (Å²) in [4.78, 5) is 16.9. The van der Waals surface area contributed by atoms with E-state index in [-0.39, 0.29) is 0 Å². The number of nitrogens with two attached hydrogens (primary N) is 1. The molecule has 0 aromatic carbocycles. The van der Waals surface area contributed by atoms with E-state index in [2.05, 4.69) is 37.5 Å². The molecule has 0 spiro atoms. The predicted octanol–water partition coefficient (Wildman–Crippen LogP) is 2.33. The second-order valence-electron chi connectivity index (χ2n) is 7.36. The van der Waals surface area contributed by atoms with Crippen molar-refractivity contribution in [2.24, 2.45) is 17.6 Å². The van der Waals surface area contributed by atoms with Crippen LogP contribution in [0.2, 0.25) is 0 Å². The number of likely N-dealkylation sites (tertiary alicyclic amines) is 1. The fraction of sp³-hybridized carbons (Fsp3) is 0.941. The lowest BCUT2D eigenvalue weighted by atomic mass is 10.1. The molecule has 1 aliphatic rings. The van der Waals surface area contributed by atoms with Crippen molar-refractivity contribution < 1.29 is 4.79 Å². The van der Waals surface area contributed by atoms with Crippen molar-refractivity contribution in [3.8, 4) is 0 Å². The first-order valence-electron chi connectivity index (χ1n) is 8.64. The molecule has 0 saturated carbocycles. The summed E-state index contributed by atoms with van der Waals surface area (Å²) < 4.78 is 0. The number of rotatable bonds is 8. The summed E-state index contributed by atoms with van der Waals surface area (Å²) in [6.07, 6.45) is 4.22. The molecule has 1 fully saturated rings. The highest BCUT2D eigenvalue weighted by atomic mass is 16.2. The van der Waals surface area contributed by atoms with Crippen molar-refractivity contribution >= 4 is 5.91 Å². The fourth-order valence-corrected chi connectivity index (χ4v) is 2.59. The van der Waals surface area contributed by atoms with Gasteiger partial charge in [-0.05, 0) is 37.5 Å². The van der Waals surface area contributed by atoms with Gasteiger partial charge in [-0.1, -0.05) is 27.7 Å². The second-order valence-corrected chi connectivity index (χ2v) is 7.36. The highest BCUT2D eigenvalue weighted by molar-refractivity contribution is 5.78. The first-order chi connectivity index (χ1) is 9.88. The van der Waals surface area contributed by atoms with Gasteiger partial charge in [0, 0.05) is 32.2 Å². The summed E-state index contributed by atoms with van der Waals surface area (Å²) in [5.74, 6) is 1.59. The first-order valence-corrected chi connectivity index (χ1v) is 8.64. The summed E-state index contributed by atoms with van der Waals surface area (Å²) in [7, 11) is 0. The van der Waals surface area contributed by atoms with Gasteiger partial charge in [-0.2, -0.15) is 0 Å². The van der Waals surface area contributed by atoms with E-state index < -0.39 is 0 Å². The number of amides is 1. The maximum Gasteiger partial charge on any atom is 0.236 e. The van der Waals surface area contributed by atoms with E-state index >= 15 is 0 Å². The van der Waals surface area contributed by atoms with Gasteiger partial charge in [0.15, 0.2) is 0 Å². The molecule has 0 bridgehead atoms. The van der Waals surface area contributed by atoms with Gasteiger partial charge in [0.1, 0.15) is 0 Å². The third-order valence-corrected chi connectivity index (χ3v) is 4.30. The molecule has 4 heteroatoms. The number of carbonyl (C=O) groups excluding carboxylic acids is 1. The van der Waals surface area contributed by atoms with Gasteiger partial charge in [0.25, 0.3) is 0 Å². The first kappa shape index (κ1) is 18.4. The van der Waals surface area contributed by atoms with E-state index in [4.69, 9.17) is 5.73 Å². The Kier molecular flexibility index (Phi) is 8.27. The lowest BCUT2D eigenvalue weighted by Crippen LogP contribution is -2.46. The molecule has 21 heavy (non-hydrogen) atoms. The molecule has 2 N–H and O–H groups in total.